The maximum absolute atomic E-state index is 12.9. The zero-order valence-electron chi connectivity index (χ0n) is 14.7. The van der Waals surface area contributed by atoms with Crippen LogP contribution in [0.2, 0.25) is 10.0 Å². The highest BCUT2D eigenvalue weighted by molar-refractivity contribution is 9.09. The van der Waals surface area contributed by atoms with Gasteiger partial charge in [0, 0.05) is 11.2 Å². The molecule has 1 atom stereocenters. The number of benzene rings is 2. The van der Waals surface area contributed by atoms with Gasteiger partial charge in [-0.15, -0.1) is 0 Å². The molecule has 0 heterocycles. The topological polar surface area (TPSA) is 9.23 Å². The molecule has 2 rings (SSSR count). The van der Waals surface area contributed by atoms with Crippen LogP contribution in [0.15, 0.2) is 36.4 Å². The van der Waals surface area contributed by atoms with Crippen LogP contribution in [0.3, 0.4) is 0 Å². The van der Waals surface area contributed by atoms with Gasteiger partial charge < -0.3 is 4.74 Å². The second-order valence-electron chi connectivity index (χ2n) is 6.28. The Morgan fingerprint density at radius 1 is 0.862 bits per heavy atom. The molecule has 0 bridgehead atoms. The Labute approximate surface area is 182 Å². The molecular weight excluding hydrogens is 509 g/mol. The number of halogens is 9. The van der Waals surface area contributed by atoms with Gasteiger partial charge in [0.05, 0.1) is 34.4 Å². The lowest BCUT2D eigenvalue weighted by molar-refractivity contribution is -0.143. The third kappa shape index (κ3) is 7.05. The highest BCUT2D eigenvalue weighted by atomic mass is 79.9. The molecule has 0 saturated carbocycles. The van der Waals surface area contributed by atoms with Gasteiger partial charge in [-0.25, -0.2) is 0 Å². The van der Waals surface area contributed by atoms with E-state index in [2.05, 4.69) is 15.9 Å². The second-order valence-corrected chi connectivity index (χ2v) is 7.88. The molecule has 0 spiro atoms. The summed E-state index contributed by atoms with van der Waals surface area (Å²) in [6.07, 6.45) is -9.17. The van der Waals surface area contributed by atoms with E-state index in [1.165, 1.54) is 0 Å². The maximum atomic E-state index is 12.9. The van der Waals surface area contributed by atoms with Crippen molar-refractivity contribution in [1.29, 1.82) is 0 Å². The number of alkyl halides is 7. The summed E-state index contributed by atoms with van der Waals surface area (Å²) < 4.78 is 83.1. The van der Waals surface area contributed by atoms with Crippen molar-refractivity contribution in [2.75, 3.05) is 11.9 Å². The number of hydrogen-bond donors (Lipinski definition) is 0. The summed E-state index contributed by atoms with van der Waals surface area (Å²) in [6.45, 7) is -0.311. The number of ether oxygens (including phenoxy) is 1. The monoisotopic (exact) mass is 522 g/mol. The Hall–Kier alpha value is -0.960. The van der Waals surface area contributed by atoms with Crippen molar-refractivity contribution in [3.63, 3.8) is 0 Å². The van der Waals surface area contributed by atoms with E-state index in [4.69, 9.17) is 27.9 Å². The van der Waals surface area contributed by atoms with E-state index in [0.717, 1.165) is 5.56 Å². The van der Waals surface area contributed by atoms with Crippen molar-refractivity contribution in [2.24, 2.45) is 0 Å². The third-order valence-corrected chi connectivity index (χ3v) is 5.30. The minimum absolute atomic E-state index is 0.0845. The quantitative estimate of drug-likeness (QED) is 0.263. The van der Waals surface area contributed by atoms with Gasteiger partial charge in [0.2, 0.25) is 0 Å². The van der Waals surface area contributed by atoms with E-state index >= 15 is 0 Å². The minimum Gasteiger partial charge on any atom is -0.376 e. The molecule has 10 heteroatoms. The molecule has 0 fully saturated rings. The van der Waals surface area contributed by atoms with Gasteiger partial charge in [-0.2, -0.15) is 26.3 Å². The number of rotatable bonds is 7. The van der Waals surface area contributed by atoms with Gasteiger partial charge in [0.1, 0.15) is 0 Å². The average Bonchev–Trinajstić information content (AvgIpc) is 2.61. The minimum atomic E-state index is -4.89. The molecule has 0 aliphatic carbocycles. The molecule has 0 aliphatic rings. The first-order valence-corrected chi connectivity index (χ1v) is 10.2. The van der Waals surface area contributed by atoms with Crippen LogP contribution in [0, 0.1) is 0 Å². The second kappa shape index (κ2) is 9.90. The summed E-state index contributed by atoms with van der Waals surface area (Å²) in [5.74, 6) is -0.169. The first-order valence-electron chi connectivity index (χ1n) is 8.29. The predicted octanol–water partition coefficient (Wildman–Crippen LogP) is 8.12. The van der Waals surface area contributed by atoms with E-state index in [-0.39, 0.29) is 24.2 Å². The van der Waals surface area contributed by atoms with Crippen molar-refractivity contribution >= 4 is 39.1 Å². The predicted molar refractivity (Wildman–Crippen MR) is 104 cm³/mol. The van der Waals surface area contributed by atoms with E-state index in [1.807, 2.05) is 0 Å². The van der Waals surface area contributed by atoms with E-state index in [9.17, 15) is 26.3 Å². The van der Waals surface area contributed by atoms with E-state index < -0.39 is 30.1 Å². The van der Waals surface area contributed by atoms with Crippen LogP contribution in [0.1, 0.15) is 34.6 Å². The molecule has 0 aromatic heterocycles. The summed E-state index contributed by atoms with van der Waals surface area (Å²) in [7, 11) is 0. The lowest BCUT2D eigenvalue weighted by Gasteiger charge is -2.18. The normalized spacial score (nSPS) is 13.6. The zero-order valence-corrected chi connectivity index (χ0v) is 17.8. The van der Waals surface area contributed by atoms with E-state index in [0.29, 0.717) is 33.9 Å². The lowest BCUT2D eigenvalue weighted by atomic mass is 9.97. The largest absolute Gasteiger partial charge is 0.416 e. The van der Waals surface area contributed by atoms with Crippen molar-refractivity contribution in [2.45, 2.75) is 31.3 Å². The van der Waals surface area contributed by atoms with Crippen LogP contribution >= 0.6 is 39.1 Å². The molecular formula is C19H15BrCl2F6O. The summed E-state index contributed by atoms with van der Waals surface area (Å²) >= 11 is 15.2. The SMILES string of the molecule is FC(F)(F)c1cc(COC[C@@H](CCBr)c2ccc(Cl)c(Cl)c2)cc(C(F)(F)F)c1. The Morgan fingerprint density at radius 3 is 1.93 bits per heavy atom. The highest BCUT2D eigenvalue weighted by Crippen LogP contribution is 2.36. The smallest absolute Gasteiger partial charge is 0.376 e. The standard InChI is InChI=1S/C19H15BrCl2F6O/c20-4-3-13(12-1-2-16(21)17(22)7-12)10-29-9-11-5-14(18(23,24)25)8-15(6-11)19(26,27)28/h1-2,5-8,13H,3-4,9-10H2/t13-/m1/s1. The summed E-state index contributed by atoms with van der Waals surface area (Å²) in [4.78, 5) is 0. The highest BCUT2D eigenvalue weighted by Gasteiger charge is 2.36. The molecule has 0 unspecified atom stereocenters. The molecule has 29 heavy (non-hydrogen) atoms. The fourth-order valence-electron chi connectivity index (χ4n) is 2.67. The van der Waals surface area contributed by atoms with Crippen LogP contribution in [-0.2, 0) is 23.7 Å². The van der Waals surface area contributed by atoms with Gasteiger partial charge in [0.25, 0.3) is 0 Å². The van der Waals surface area contributed by atoms with Crippen molar-refractivity contribution in [3.8, 4) is 0 Å². The molecule has 2 aromatic carbocycles. The zero-order chi connectivity index (χ0) is 21.8. The van der Waals surface area contributed by atoms with Crippen molar-refractivity contribution in [1.82, 2.24) is 0 Å². The number of hydrogen-bond acceptors (Lipinski definition) is 1. The Bertz CT molecular complexity index is 806. The van der Waals surface area contributed by atoms with Crippen molar-refractivity contribution in [3.05, 3.63) is 68.7 Å². The Balaban J connectivity index is 2.17. The first-order chi connectivity index (χ1) is 13.4. The van der Waals surface area contributed by atoms with Crippen LogP contribution in [-0.4, -0.2) is 11.9 Å². The van der Waals surface area contributed by atoms with Gasteiger partial charge in [-0.1, -0.05) is 45.2 Å². The molecule has 1 nitrogen and oxygen atoms in total. The molecule has 0 radical (unpaired) electrons. The van der Waals surface area contributed by atoms with E-state index in [1.54, 1.807) is 18.2 Å². The van der Waals surface area contributed by atoms with Crippen LogP contribution < -0.4 is 0 Å². The van der Waals surface area contributed by atoms with Crippen LogP contribution in [0.5, 0.6) is 0 Å². The first kappa shape index (κ1) is 24.3. The third-order valence-electron chi connectivity index (χ3n) is 4.11. The average molecular weight is 524 g/mol. The van der Waals surface area contributed by atoms with Gasteiger partial charge in [0.15, 0.2) is 0 Å². The summed E-state index contributed by atoms with van der Waals surface area (Å²) in [6, 6.07) is 6.43. The Kier molecular flexibility index (Phi) is 8.30. The maximum Gasteiger partial charge on any atom is 0.416 e. The summed E-state index contributed by atoms with van der Waals surface area (Å²) in [5.41, 5.74) is -2.14. The van der Waals surface area contributed by atoms with Crippen molar-refractivity contribution < 1.29 is 31.1 Å². The van der Waals surface area contributed by atoms with Gasteiger partial charge in [-0.3, -0.25) is 0 Å². The molecule has 0 aliphatic heterocycles. The van der Waals surface area contributed by atoms with Gasteiger partial charge >= 0.3 is 12.4 Å². The Morgan fingerprint density at radius 2 is 1.45 bits per heavy atom. The van der Waals surface area contributed by atoms with Gasteiger partial charge in [-0.05, 0) is 47.9 Å². The van der Waals surface area contributed by atoms with Crippen LogP contribution in [0.25, 0.3) is 0 Å². The van der Waals surface area contributed by atoms with Crippen LogP contribution in [0.4, 0.5) is 26.3 Å². The fourth-order valence-corrected chi connectivity index (χ4v) is 3.53. The molecule has 0 N–H and O–H groups in total. The molecule has 2 aromatic rings. The fraction of sp³-hybridized carbons (Fsp3) is 0.368. The lowest BCUT2D eigenvalue weighted by Crippen LogP contribution is -2.13. The molecule has 0 saturated heterocycles. The summed E-state index contributed by atoms with van der Waals surface area (Å²) in [5, 5.41) is 1.33. The molecule has 160 valence electrons. The molecule has 0 amide bonds.